The molecule has 0 unspecified atom stereocenters. The average molecular weight is 480 g/mol. The molecule has 5 rings (SSSR count). The van der Waals surface area contributed by atoms with Crippen molar-refractivity contribution in [2.24, 2.45) is 0 Å². The number of hydrogen-bond acceptors (Lipinski definition) is 8. The molecule has 0 fully saturated rings. The first-order chi connectivity index (χ1) is 16.0. The Morgan fingerprint density at radius 1 is 1.12 bits per heavy atom. The summed E-state index contributed by atoms with van der Waals surface area (Å²) in [5.41, 5.74) is 4.55. The Kier molecular flexibility index (Phi) is 5.69. The van der Waals surface area contributed by atoms with Gasteiger partial charge in [-0.2, -0.15) is 14.6 Å². The van der Waals surface area contributed by atoms with E-state index in [-0.39, 0.29) is 6.42 Å². The zero-order valence-electron chi connectivity index (χ0n) is 17.8. The normalized spacial score (nSPS) is 11.4. The first kappa shape index (κ1) is 21.4. The molecule has 0 saturated heterocycles. The zero-order valence-corrected chi connectivity index (χ0v) is 19.3. The van der Waals surface area contributed by atoms with Crippen LogP contribution < -0.4 is 0 Å². The maximum absolute atomic E-state index is 12.0. The summed E-state index contributed by atoms with van der Waals surface area (Å²) in [6.45, 7) is 2.06. The zero-order chi connectivity index (χ0) is 22.9. The highest BCUT2D eigenvalue weighted by atomic mass is 35.5. The van der Waals surface area contributed by atoms with Crippen molar-refractivity contribution in [2.45, 2.75) is 24.3 Å². The molecule has 0 aliphatic carbocycles. The molecule has 2 aromatic carbocycles. The number of nitrogens with zero attached hydrogens (tertiary/aromatic N) is 7. The van der Waals surface area contributed by atoms with Crippen molar-refractivity contribution in [1.29, 1.82) is 0 Å². The van der Waals surface area contributed by atoms with Gasteiger partial charge in [0.1, 0.15) is 5.69 Å². The monoisotopic (exact) mass is 479 g/mol. The van der Waals surface area contributed by atoms with Gasteiger partial charge in [0.25, 0.3) is 5.78 Å². The molecular formula is C22H18ClN7O2S. The Morgan fingerprint density at radius 2 is 1.94 bits per heavy atom. The third-order valence-electron chi connectivity index (χ3n) is 4.98. The SMILES string of the molecule is COC(=O)Cc1nn(-c2ccc(Cl)cc2)c2c1nnc1nc(SCc3cccc(C)c3)nn12. The van der Waals surface area contributed by atoms with Gasteiger partial charge in [0.05, 0.1) is 19.2 Å². The molecule has 0 aliphatic heterocycles. The van der Waals surface area contributed by atoms with Crippen LogP contribution in [-0.4, -0.2) is 47.7 Å². The smallest absolute Gasteiger partial charge is 0.311 e. The van der Waals surface area contributed by atoms with Crippen molar-refractivity contribution in [3.05, 3.63) is 70.4 Å². The number of aromatic nitrogens is 7. The van der Waals surface area contributed by atoms with Gasteiger partial charge in [-0.3, -0.25) is 4.79 Å². The van der Waals surface area contributed by atoms with Gasteiger partial charge in [-0.1, -0.05) is 53.2 Å². The molecule has 0 spiro atoms. The minimum Gasteiger partial charge on any atom is -0.469 e. The van der Waals surface area contributed by atoms with Crippen LogP contribution in [0.5, 0.6) is 0 Å². The fourth-order valence-electron chi connectivity index (χ4n) is 3.43. The lowest BCUT2D eigenvalue weighted by Crippen LogP contribution is -2.06. The summed E-state index contributed by atoms with van der Waals surface area (Å²) in [4.78, 5) is 16.5. The van der Waals surface area contributed by atoms with E-state index in [9.17, 15) is 4.79 Å². The van der Waals surface area contributed by atoms with E-state index in [4.69, 9.17) is 16.3 Å². The number of carbonyl (C=O) groups excluding carboxylic acids is 1. The molecule has 33 heavy (non-hydrogen) atoms. The van der Waals surface area contributed by atoms with E-state index in [1.807, 2.05) is 18.2 Å². The van der Waals surface area contributed by atoms with Crippen LogP contribution in [0.2, 0.25) is 5.02 Å². The lowest BCUT2D eigenvalue weighted by Gasteiger charge is -2.03. The molecule has 9 nitrogen and oxygen atoms in total. The standard InChI is InChI=1S/C22H18ClN7O2S/c1-13-4-3-5-14(10-13)12-33-22-24-21-26-25-19-17(11-18(31)32-2)27-29(20(19)30(21)28-22)16-8-6-15(23)7-9-16/h3-10H,11-12H2,1-2H3. The summed E-state index contributed by atoms with van der Waals surface area (Å²) in [5.74, 6) is 0.639. The topological polar surface area (TPSA) is 100 Å². The largest absolute Gasteiger partial charge is 0.469 e. The van der Waals surface area contributed by atoms with E-state index in [1.54, 1.807) is 21.3 Å². The van der Waals surface area contributed by atoms with Gasteiger partial charge in [0, 0.05) is 10.8 Å². The van der Waals surface area contributed by atoms with Crippen LogP contribution in [0.15, 0.2) is 53.7 Å². The second-order valence-corrected chi connectivity index (χ2v) is 8.72. The summed E-state index contributed by atoms with van der Waals surface area (Å²) in [5, 5.41) is 19.0. The molecule has 0 bridgehead atoms. The number of methoxy groups -OCH3 is 1. The molecule has 3 aromatic heterocycles. The highest BCUT2D eigenvalue weighted by molar-refractivity contribution is 7.98. The molecule has 0 amide bonds. The number of aryl methyl sites for hydroxylation is 1. The van der Waals surface area contributed by atoms with Crippen molar-refractivity contribution >= 4 is 46.3 Å². The summed E-state index contributed by atoms with van der Waals surface area (Å²) in [6.07, 6.45) is -0.0442. The van der Waals surface area contributed by atoms with Crippen molar-refractivity contribution in [1.82, 2.24) is 34.6 Å². The third-order valence-corrected chi connectivity index (χ3v) is 6.14. The fourth-order valence-corrected chi connectivity index (χ4v) is 4.31. The minimum absolute atomic E-state index is 0.0442. The Morgan fingerprint density at radius 3 is 2.70 bits per heavy atom. The highest BCUT2D eigenvalue weighted by Gasteiger charge is 2.22. The number of ether oxygens (including phenoxy) is 1. The van der Waals surface area contributed by atoms with Crippen molar-refractivity contribution in [3.63, 3.8) is 0 Å². The van der Waals surface area contributed by atoms with E-state index in [0.29, 0.717) is 32.8 Å². The molecular weight excluding hydrogens is 462 g/mol. The van der Waals surface area contributed by atoms with Gasteiger partial charge in [-0.25, -0.2) is 4.68 Å². The highest BCUT2D eigenvalue weighted by Crippen LogP contribution is 2.25. The number of benzene rings is 2. The number of thioether (sulfide) groups is 1. The van der Waals surface area contributed by atoms with Crippen LogP contribution in [0.3, 0.4) is 0 Å². The number of carbonyl (C=O) groups is 1. The molecule has 0 N–H and O–H groups in total. The molecule has 0 radical (unpaired) electrons. The quantitative estimate of drug-likeness (QED) is 0.267. The molecule has 0 atom stereocenters. The van der Waals surface area contributed by atoms with E-state index >= 15 is 0 Å². The second kappa shape index (κ2) is 8.80. The van der Waals surface area contributed by atoms with Crippen LogP contribution in [-0.2, 0) is 21.7 Å². The Bertz CT molecular complexity index is 1480. The maximum Gasteiger partial charge on any atom is 0.311 e. The van der Waals surface area contributed by atoms with Crippen LogP contribution >= 0.6 is 23.4 Å². The van der Waals surface area contributed by atoms with Gasteiger partial charge in [0.2, 0.25) is 5.16 Å². The van der Waals surface area contributed by atoms with Crippen LogP contribution in [0.25, 0.3) is 22.6 Å². The predicted octanol–water partition coefficient (Wildman–Crippen LogP) is 3.83. The Hall–Kier alpha value is -3.50. The van der Waals surface area contributed by atoms with E-state index < -0.39 is 5.97 Å². The Balaban J connectivity index is 1.60. The molecule has 5 aromatic rings. The third kappa shape index (κ3) is 4.27. The second-order valence-electron chi connectivity index (χ2n) is 7.34. The van der Waals surface area contributed by atoms with Crippen molar-refractivity contribution < 1.29 is 9.53 Å². The number of fused-ring (bicyclic) bond motifs is 3. The number of rotatable bonds is 6. The first-order valence-electron chi connectivity index (χ1n) is 10.0. The fraction of sp³-hybridized carbons (Fsp3) is 0.182. The molecule has 0 saturated carbocycles. The maximum atomic E-state index is 12.0. The van der Waals surface area contributed by atoms with Crippen LogP contribution in [0, 0.1) is 6.92 Å². The Labute approximate surface area is 197 Å². The average Bonchev–Trinajstić information content (AvgIpc) is 3.39. The van der Waals surface area contributed by atoms with Gasteiger partial charge in [-0.15, -0.1) is 15.3 Å². The van der Waals surface area contributed by atoms with E-state index in [2.05, 4.69) is 50.5 Å². The van der Waals surface area contributed by atoms with Crippen LogP contribution in [0.1, 0.15) is 16.8 Å². The predicted molar refractivity (Wildman–Crippen MR) is 125 cm³/mol. The molecule has 3 heterocycles. The van der Waals surface area contributed by atoms with Crippen molar-refractivity contribution in [2.75, 3.05) is 7.11 Å². The van der Waals surface area contributed by atoms with Crippen molar-refractivity contribution in [3.8, 4) is 5.69 Å². The van der Waals surface area contributed by atoms with Gasteiger partial charge < -0.3 is 4.74 Å². The summed E-state index contributed by atoms with van der Waals surface area (Å²) >= 11 is 7.57. The van der Waals surface area contributed by atoms with E-state index in [1.165, 1.54) is 30.0 Å². The molecule has 166 valence electrons. The van der Waals surface area contributed by atoms with E-state index in [0.717, 1.165) is 11.4 Å². The van der Waals surface area contributed by atoms with Gasteiger partial charge >= 0.3 is 5.97 Å². The van der Waals surface area contributed by atoms with Gasteiger partial charge in [0.15, 0.2) is 11.2 Å². The minimum atomic E-state index is -0.424. The summed E-state index contributed by atoms with van der Waals surface area (Å²) < 4.78 is 8.08. The van der Waals surface area contributed by atoms with Gasteiger partial charge in [-0.05, 0) is 36.8 Å². The summed E-state index contributed by atoms with van der Waals surface area (Å²) in [6, 6.07) is 15.5. The number of hydrogen-bond donors (Lipinski definition) is 0. The lowest BCUT2D eigenvalue weighted by molar-refractivity contribution is -0.139. The number of esters is 1. The molecule has 11 heteroatoms. The lowest BCUT2D eigenvalue weighted by atomic mass is 10.2. The first-order valence-corrected chi connectivity index (χ1v) is 11.4. The summed E-state index contributed by atoms with van der Waals surface area (Å²) in [7, 11) is 1.33. The molecule has 0 aliphatic rings. The number of halogens is 1. The van der Waals surface area contributed by atoms with Crippen LogP contribution in [0.4, 0.5) is 0 Å².